The number of carbonyl (C=O) groups excluding carboxylic acids is 2. The van der Waals surface area contributed by atoms with Gasteiger partial charge in [-0.05, 0) is 30.0 Å². The molecular formula is C23H27ClN2O3. The molecule has 0 radical (unpaired) electrons. The molecular weight excluding hydrogens is 388 g/mol. The molecule has 2 aliphatic heterocycles. The van der Waals surface area contributed by atoms with Crippen molar-refractivity contribution in [2.75, 3.05) is 26.3 Å². The number of morpholine rings is 1. The van der Waals surface area contributed by atoms with E-state index >= 15 is 0 Å². The van der Waals surface area contributed by atoms with E-state index in [1.54, 1.807) is 0 Å². The summed E-state index contributed by atoms with van der Waals surface area (Å²) in [5.41, 5.74) is 3.13. The fourth-order valence-electron chi connectivity index (χ4n) is 4.72. The number of carbonyl (C=O) groups is 2. The number of hydrogen-bond acceptors (Lipinski definition) is 4. The number of ketones is 1. The number of halogens is 1. The predicted molar refractivity (Wildman–Crippen MR) is 112 cm³/mol. The molecule has 1 aromatic carbocycles. The lowest BCUT2D eigenvalue weighted by molar-refractivity contribution is -0.132. The third-order valence-corrected chi connectivity index (χ3v) is 6.25. The molecule has 0 bridgehead atoms. The van der Waals surface area contributed by atoms with Crippen LogP contribution in [0.4, 0.5) is 0 Å². The summed E-state index contributed by atoms with van der Waals surface area (Å²) in [7, 11) is 0. The standard InChI is InChI=1S/C23H27ClN2O3/c1-14-19(22(28)26-8-10-29-11-9-26)20(15-4-6-16(24)7-5-15)21-17(25-14)12-23(2,3)13-18(21)27/h4-7,12,20-21,25H,8-11,13H2,1-3H3. The van der Waals surface area contributed by atoms with Gasteiger partial charge in [-0.25, -0.2) is 0 Å². The Bertz CT molecular complexity index is 895. The van der Waals surface area contributed by atoms with E-state index in [-0.39, 0.29) is 28.9 Å². The normalized spacial score (nSPS) is 26.6. The van der Waals surface area contributed by atoms with Gasteiger partial charge in [-0.2, -0.15) is 0 Å². The van der Waals surface area contributed by atoms with E-state index in [0.717, 1.165) is 17.0 Å². The number of hydrogen-bond donors (Lipinski definition) is 1. The summed E-state index contributed by atoms with van der Waals surface area (Å²) in [5.74, 6) is -0.554. The van der Waals surface area contributed by atoms with Gasteiger partial charge in [-0.1, -0.05) is 43.7 Å². The fourth-order valence-corrected chi connectivity index (χ4v) is 4.84. The third-order valence-electron chi connectivity index (χ3n) is 6.00. The van der Waals surface area contributed by atoms with E-state index in [4.69, 9.17) is 16.3 Å². The summed E-state index contributed by atoms with van der Waals surface area (Å²) in [5, 5.41) is 4.04. The summed E-state index contributed by atoms with van der Waals surface area (Å²) < 4.78 is 5.41. The maximum atomic E-state index is 13.5. The Balaban J connectivity index is 1.83. The molecule has 2 unspecified atom stereocenters. The van der Waals surface area contributed by atoms with Gasteiger partial charge in [0.15, 0.2) is 0 Å². The fraction of sp³-hybridized carbons (Fsp3) is 0.478. The summed E-state index contributed by atoms with van der Waals surface area (Å²) in [6, 6.07) is 7.52. The van der Waals surface area contributed by atoms with Crippen molar-refractivity contribution >= 4 is 23.3 Å². The monoisotopic (exact) mass is 414 g/mol. The highest BCUT2D eigenvalue weighted by molar-refractivity contribution is 6.30. The Morgan fingerprint density at radius 3 is 2.48 bits per heavy atom. The first-order valence-corrected chi connectivity index (χ1v) is 10.5. The average Bonchev–Trinajstić information content (AvgIpc) is 2.67. The van der Waals surface area contributed by atoms with Gasteiger partial charge in [0.2, 0.25) is 0 Å². The smallest absolute Gasteiger partial charge is 0.252 e. The number of ether oxygens (including phenoxy) is 1. The Kier molecular flexibility index (Phi) is 5.30. The van der Waals surface area contributed by atoms with Gasteiger partial charge < -0.3 is 15.0 Å². The second kappa shape index (κ2) is 7.62. The minimum absolute atomic E-state index is 0.0186. The zero-order valence-corrected chi connectivity index (χ0v) is 17.9. The van der Waals surface area contributed by atoms with Gasteiger partial charge >= 0.3 is 0 Å². The number of nitrogens with one attached hydrogen (secondary N) is 1. The van der Waals surface area contributed by atoms with Crippen LogP contribution >= 0.6 is 11.6 Å². The molecule has 1 saturated heterocycles. The average molecular weight is 415 g/mol. The van der Waals surface area contributed by atoms with Gasteiger partial charge in [0.05, 0.1) is 19.1 Å². The molecule has 6 heteroatoms. The van der Waals surface area contributed by atoms with E-state index < -0.39 is 0 Å². The van der Waals surface area contributed by atoms with Crippen LogP contribution in [0.25, 0.3) is 0 Å². The Labute approximate surface area is 176 Å². The molecule has 2 atom stereocenters. The summed E-state index contributed by atoms with van der Waals surface area (Å²) in [4.78, 5) is 28.6. The highest BCUT2D eigenvalue weighted by Crippen LogP contribution is 2.47. The number of amides is 1. The first-order valence-electron chi connectivity index (χ1n) is 10.1. The van der Waals surface area contributed by atoms with Crippen LogP contribution in [0, 0.1) is 11.3 Å². The zero-order chi connectivity index (χ0) is 20.8. The molecule has 1 N–H and O–H groups in total. The van der Waals surface area contributed by atoms with Crippen molar-refractivity contribution in [3.05, 3.63) is 57.9 Å². The molecule has 1 fully saturated rings. The van der Waals surface area contributed by atoms with Crippen LogP contribution in [0.15, 0.2) is 47.3 Å². The number of allylic oxidation sites excluding steroid dienone is 3. The quantitative estimate of drug-likeness (QED) is 0.802. The van der Waals surface area contributed by atoms with Gasteiger partial charge in [0.1, 0.15) is 5.78 Å². The van der Waals surface area contributed by atoms with Gasteiger partial charge in [0.25, 0.3) is 5.91 Å². The molecule has 1 amide bonds. The van der Waals surface area contributed by atoms with E-state index in [1.807, 2.05) is 36.1 Å². The Morgan fingerprint density at radius 1 is 1.17 bits per heavy atom. The van der Waals surface area contributed by atoms with Crippen LogP contribution in [0.2, 0.25) is 5.02 Å². The lowest BCUT2D eigenvalue weighted by atomic mass is 9.66. The van der Waals surface area contributed by atoms with Crippen molar-refractivity contribution in [2.24, 2.45) is 11.3 Å². The Morgan fingerprint density at radius 2 is 1.83 bits per heavy atom. The second-order valence-electron chi connectivity index (χ2n) is 8.81. The molecule has 0 spiro atoms. The minimum atomic E-state index is -0.382. The van der Waals surface area contributed by atoms with Crippen molar-refractivity contribution in [3.63, 3.8) is 0 Å². The topological polar surface area (TPSA) is 58.6 Å². The van der Waals surface area contributed by atoms with Crippen LogP contribution in [-0.2, 0) is 14.3 Å². The number of benzene rings is 1. The zero-order valence-electron chi connectivity index (χ0n) is 17.1. The lowest BCUT2D eigenvalue weighted by Crippen LogP contribution is -2.48. The molecule has 3 aliphatic rings. The highest BCUT2D eigenvalue weighted by Gasteiger charge is 2.46. The van der Waals surface area contributed by atoms with Crippen molar-refractivity contribution in [3.8, 4) is 0 Å². The molecule has 2 heterocycles. The van der Waals surface area contributed by atoms with Crippen molar-refractivity contribution in [1.82, 2.24) is 10.2 Å². The van der Waals surface area contributed by atoms with Crippen LogP contribution in [0.1, 0.15) is 38.7 Å². The van der Waals surface area contributed by atoms with Crippen LogP contribution in [0.3, 0.4) is 0 Å². The van der Waals surface area contributed by atoms with Crippen molar-refractivity contribution < 1.29 is 14.3 Å². The molecule has 5 nitrogen and oxygen atoms in total. The maximum Gasteiger partial charge on any atom is 0.252 e. The van der Waals surface area contributed by atoms with Gasteiger partial charge in [-0.3, -0.25) is 9.59 Å². The number of nitrogens with zero attached hydrogens (tertiary/aromatic N) is 1. The number of Topliss-reactive ketones (excluding diaryl/α,β-unsaturated/α-hetero) is 1. The lowest BCUT2D eigenvalue weighted by Gasteiger charge is -2.42. The van der Waals surface area contributed by atoms with E-state index in [9.17, 15) is 9.59 Å². The van der Waals surface area contributed by atoms with Gasteiger partial charge in [0, 0.05) is 47.4 Å². The molecule has 0 saturated carbocycles. The predicted octanol–water partition coefficient (Wildman–Crippen LogP) is 3.66. The van der Waals surface area contributed by atoms with Crippen LogP contribution < -0.4 is 5.32 Å². The third kappa shape index (κ3) is 3.86. The highest BCUT2D eigenvalue weighted by atomic mass is 35.5. The molecule has 29 heavy (non-hydrogen) atoms. The maximum absolute atomic E-state index is 13.5. The molecule has 1 aromatic rings. The number of rotatable bonds is 2. The van der Waals surface area contributed by atoms with E-state index in [1.165, 1.54) is 0 Å². The molecule has 1 aliphatic carbocycles. The van der Waals surface area contributed by atoms with E-state index in [0.29, 0.717) is 43.3 Å². The Hall–Kier alpha value is -2.11. The minimum Gasteiger partial charge on any atom is -0.378 e. The molecule has 154 valence electrons. The molecule has 4 rings (SSSR count). The van der Waals surface area contributed by atoms with Crippen molar-refractivity contribution in [2.45, 2.75) is 33.1 Å². The van der Waals surface area contributed by atoms with Crippen LogP contribution in [-0.4, -0.2) is 42.9 Å². The summed E-state index contributed by atoms with van der Waals surface area (Å²) in [6.07, 6.45) is 2.62. The first-order chi connectivity index (χ1) is 13.8. The van der Waals surface area contributed by atoms with Crippen LogP contribution in [0.5, 0.6) is 0 Å². The SMILES string of the molecule is CC1=C(C(=O)N2CCOCC2)C(c2ccc(Cl)cc2)C2C(=O)CC(C)(C)C=C2N1. The summed E-state index contributed by atoms with van der Waals surface area (Å²) >= 11 is 6.11. The first kappa shape index (κ1) is 20.2. The molecule has 0 aromatic heterocycles. The van der Waals surface area contributed by atoms with Gasteiger partial charge in [-0.15, -0.1) is 0 Å². The largest absolute Gasteiger partial charge is 0.378 e. The summed E-state index contributed by atoms with van der Waals surface area (Å²) in [6.45, 7) is 8.28. The van der Waals surface area contributed by atoms with Crippen molar-refractivity contribution in [1.29, 1.82) is 0 Å². The van der Waals surface area contributed by atoms with E-state index in [2.05, 4.69) is 25.2 Å². The number of fused-ring (bicyclic) bond motifs is 1. The second-order valence-corrected chi connectivity index (χ2v) is 9.24.